The lowest BCUT2D eigenvalue weighted by Crippen LogP contribution is -2.22. The predicted octanol–water partition coefficient (Wildman–Crippen LogP) is 2.09. The van der Waals surface area contributed by atoms with E-state index in [0.29, 0.717) is 6.54 Å². The van der Waals surface area contributed by atoms with Gasteiger partial charge in [0.2, 0.25) is 0 Å². The molecule has 1 heterocycles. The van der Waals surface area contributed by atoms with Crippen LogP contribution in [0.15, 0.2) is 36.5 Å². The summed E-state index contributed by atoms with van der Waals surface area (Å²) in [5.74, 6) is 0. The van der Waals surface area contributed by atoms with Gasteiger partial charge in [-0.3, -0.25) is 4.98 Å². The molecule has 4 nitrogen and oxygen atoms in total. The molecule has 0 aliphatic carbocycles. The first kappa shape index (κ1) is 10.4. The molecule has 0 bridgehead atoms. The van der Waals surface area contributed by atoms with Crippen LogP contribution in [0.4, 0.5) is 4.79 Å². The standard InChI is InChI=1S/C12H12N2O2/c1-16-12(15)14-8-9-6-10-4-2-3-5-11(10)13-7-9/h2-7H,8H2,1H3,(H,14,15). The van der Waals surface area contributed by atoms with Crippen LogP contribution in [-0.4, -0.2) is 18.2 Å². The van der Waals surface area contributed by atoms with Crippen molar-refractivity contribution in [2.75, 3.05) is 7.11 Å². The highest BCUT2D eigenvalue weighted by Crippen LogP contribution is 2.12. The highest BCUT2D eigenvalue weighted by molar-refractivity contribution is 5.78. The topological polar surface area (TPSA) is 51.2 Å². The summed E-state index contributed by atoms with van der Waals surface area (Å²) in [7, 11) is 1.34. The number of para-hydroxylation sites is 1. The maximum Gasteiger partial charge on any atom is 0.407 e. The fourth-order valence-corrected chi connectivity index (χ4v) is 1.46. The molecule has 82 valence electrons. The molecule has 1 N–H and O–H groups in total. The van der Waals surface area contributed by atoms with Gasteiger partial charge in [-0.05, 0) is 17.7 Å². The number of carbonyl (C=O) groups is 1. The molecule has 0 unspecified atom stereocenters. The van der Waals surface area contributed by atoms with Gasteiger partial charge in [-0.15, -0.1) is 0 Å². The van der Waals surface area contributed by atoms with E-state index in [0.717, 1.165) is 16.5 Å². The minimum Gasteiger partial charge on any atom is -0.453 e. The lowest BCUT2D eigenvalue weighted by atomic mass is 10.1. The molecule has 1 aromatic heterocycles. The average molecular weight is 216 g/mol. The van der Waals surface area contributed by atoms with E-state index >= 15 is 0 Å². The molecule has 1 amide bonds. The van der Waals surface area contributed by atoms with Crippen LogP contribution < -0.4 is 5.32 Å². The first-order chi connectivity index (χ1) is 7.79. The molecule has 2 rings (SSSR count). The Morgan fingerprint density at radius 2 is 2.25 bits per heavy atom. The van der Waals surface area contributed by atoms with E-state index in [1.807, 2.05) is 30.3 Å². The van der Waals surface area contributed by atoms with Crippen molar-refractivity contribution in [1.29, 1.82) is 0 Å². The Morgan fingerprint density at radius 1 is 1.44 bits per heavy atom. The molecule has 0 aliphatic heterocycles. The number of benzene rings is 1. The number of fused-ring (bicyclic) bond motifs is 1. The predicted molar refractivity (Wildman–Crippen MR) is 61.0 cm³/mol. The van der Waals surface area contributed by atoms with Crippen molar-refractivity contribution < 1.29 is 9.53 Å². The van der Waals surface area contributed by atoms with Crippen molar-refractivity contribution in [3.63, 3.8) is 0 Å². The molecule has 16 heavy (non-hydrogen) atoms. The number of ether oxygens (including phenoxy) is 1. The summed E-state index contributed by atoms with van der Waals surface area (Å²) >= 11 is 0. The van der Waals surface area contributed by atoms with Crippen LogP contribution in [0.2, 0.25) is 0 Å². The van der Waals surface area contributed by atoms with Crippen molar-refractivity contribution in [3.05, 3.63) is 42.1 Å². The zero-order valence-corrected chi connectivity index (χ0v) is 8.93. The Hall–Kier alpha value is -2.10. The summed E-state index contributed by atoms with van der Waals surface area (Å²) in [6, 6.07) is 9.85. The number of pyridine rings is 1. The van der Waals surface area contributed by atoms with Gasteiger partial charge in [-0.1, -0.05) is 18.2 Å². The molecule has 0 aliphatic rings. The third-order valence-corrected chi connectivity index (χ3v) is 2.27. The van der Waals surface area contributed by atoms with Crippen molar-refractivity contribution in [2.24, 2.45) is 0 Å². The molecular formula is C12H12N2O2. The maximum absolute atomic E-state index is 10.9. The molecule has 0 saturated heterocycles. The summed E-state index contributed by atoms with van der Waals surface area (Å²) in [6.07, 6.45) is 1.31. The largest absolute Gasteiger partial charge is 0.453 e. The summed E-state index contributed by atoms with van der Waals surface area (Å²) in [4.78, 5) is 15.2. The van der Waals surface area contributed by atoms with Gasteiger partial charge in [0, 0.05) is 18.1 Å². The molecular weight excluding hydrogens is 204 g/mol. The summed E-state index contributed by atoms with van der Waals surface area (Å²) < 4.78 is 4.49. The van der Waals surface area contributed by atoms with Crippen molar-refractivity contribution >= 4 is 17.0 Å². The Kier molecular flexibility index (Phi) is 3.00. The normalized spacial score (nSPS) is 10.1. The number of methoxy groups -OCH3 is 1. The summed E-state index contributed by atoms with van der Waals surface area (Å²) in [6.45, 7) is 0.421. The Balaban J connectivity index is 2.16. The molecule has 0 spiro atoms. The van der Waals surface area contributed by atoms with E-state index in [1.165, 1.54) is 7.11 Å². The van der Waals surface area contributed by atoms with E-state index in [9.17, 15) is 4.79 Å². The highest BCUT2D eigenvalue weighted by atomic mass is 16.5. The molecule has 4 heteroatoms. The van der Waals surface area contributed by atoms with Gasteiger partial charge in [0.05, 0.1) is 12.6 Å². The second-order valence-corrected chi connectivity index (χ2v) is 3.38. The van der Waals surface area contributed by atoms with Crippen LogP contribution in [0.5, 0.6) is 0 Å². The van der Waals surface area contributed by atoms with Gasteiger partial charge in [-0.25, -0.2) is 4.79 Å². The minimum absolute atomic E-state index is 0.421. The fourth-order valence-electron chi connectivity index (χ4n) is 1.46. The van der Waals surface area contributed by atoms with Gasteiger partial charge in [0.1, 0.15) is 0 Å². The van der Waals surface area contributed by atoms with Crippen LogP contribution in [0.25, 0.3) is 10.9 Å². The van der Waals surface area contributed by atoms with E-state index in [1.54, 1.807) is 6.20 Å². The first-order valence-corrected chi connectivity index (χ1v) is 4.95. The Labute approximate surface area is 93.3 Å². The van der Waals surface area contributed by atoms with Crippen LogP contribution >= 0.6 is 0 Å². The SMILES string of the molecule is COC(=O)NCc1cnc2ccccc2c1. The van der Waals surface area contributed by atoms with Crippen molar-refractivity contribution in [1.82, 2.24) is 10.3 Å². The summed E-state index contributed by atoms with van der Waals surface area (Å²) in [5.41, 5.74) is 1.90. The Bertz CT molecular complexity index is 511. The quantitative estimate of drug-likeness (QED) is 0.836. The fraction of sp³-hybridized carbons (Fsp3) is 0.167. The van der Waals surface area contributed by atoms with Gasteiger partial charge < -0.3 is 10.1 Å². The summed E-state index contributed by atoms with van der Waals surface area (Å²) in [5, 5.41) is 3.67. The van der Waals surface area contributed by atoms with Gasteiger partial charge in [0.15, 0.2) is 0 Å². The van der Waals surface area contributed by atoms with E-state index in [-0.39, 0.29) is 0 Å². The third-order valence-electron chi connectivity index (χ3n) is 2.27. The maximum atomic E-state index is 10.9. The van der Waals surface area contributed by atoms with E-state index in [2.05, 4.69) is 15.0 Å². The zero-order chi connectivity index (χ0) is 11.4. The minimum atomic E-state index is -0.437. The van der Waals surface area contributed by atoms with Gasteiger partial charge >= 0.3 is 6.09 Å². The van der Waals surface area contributed by atoms with Gasteiger partial charge in [-0.2, -0.15) is 0 Å². The van der Waals surface area contributed by atoms with Crippen LogP contribution in [0.1, 0.15) is 5.56 Å². The van der Waals surface area contributed by atoms with Gasteiger partial charge in [0.25, 0.3) is 0 Å². The average Bonchev–Trinajstić information content (AvgIpc) is 2.35. The second kappa shape index (κ2) is 4.61. The lowest BCUT2D eigenvalue weighted by Gasteiger charge is -2.04. The molecule has 0 fully saturated rings. The number of rotatable bonds is 2. The van der Waals surface area contributed by atoms with Crippen LogP contribution in [0.3, 0.4) is 0 Å². The Morgan fingerprint density at radius 3 is 3.06 bits per heavy atom. The first-order valence-electron chi connectivity index (χ1n) is 4.95. The van der Waals surface area contributed by atoms with Crippen molar-refractivity contribution in [2.45, 2.75) is 6.54 Å². The smallest absolute Gasteiger partial charge is 0.407 e. The number of carbonyl (C=O) groups excluding carboxylic acids is 1. The van der Waals surface area contributed by atoms with Crippen LogP contribution in [-0.2, 0) is 11.3 Å². The number of hydrogen-bond donors (Lipinski definition) is 1. The molecule has 2 aromatic rings. The number of alkyl carbamates (subject to hydrolysis) is 1. The number of amides is 1. The highest BCUT2D eigenvalue weighted by Gasteiger charge is 2.00. The number of nitrogens with one attached hydrogen (secondary N) is 1. The van der Waals surface area contributed by atoms with E-state index < -0.39 is 6.09 Å². The van der Waals surface area contributed by atoms with Crippen LogP contribution in [0, 0.1) is 0 Å². The third kappa shape index (κ3) is 2.28. The molecule has 0 radical (unpaired) electrons. The zero-order valence-electron chi connectivity index (χ0n) is 8.93. The lowest BCUT2D eigenvalue weighted by molar-refractivity contribution is 0.170. The number of nitrogens with zero attached hydrogens (tertiary/aromatic N) is 1. The van der Waals surface area contributed by atoms with E-state index in [4.69, 9.17) is 0 Å². The number of aromatic nitrogens is 1. The monoisotopic (exact) mass is 216 g/mol. The van der Waals surface area contributed by atoms with Crippen molar-refractivity contribution in [3.8, 4) is 0 Å². The molecule has 0 saturated carbocycles. The number of hydrogen-bond acceptors (Lipinski definition) is 3. The molecule has 0 atom stereocenters. The molecule has 1 aromatic carbocycles. The second-order valence-electron chi connectivity index (χ2n) is 3.38.